The summed E-state index contributed by atoms with van der Waals surface area (Å²) in [5.41, 5.74) is 5.38. The molecule has 0 spiro atoms. The van der Waals surface area contributed by atoms with Crippen molar-refractivity contribution in [1.29, 1.82) is 0 Å². The van der Waals surface area contributed by atoms with Crippen molar-refractivity contribution in [2.75, 3.05) is 10.6 Å². The van der Waals surface area contributed by atoms with E-state index in [4.69, 9.17) is 0 Å². The molecule has 1 heterocycles. The quantitative estimate of drug-likeness (QED) is 0.624. The van der Waals surface area contributed by atoms with E-state index in [0.29, 0.717) is 11.1 Å². The maximum atomic E-state index is 12.9. The first-order valence-electron chi connectivity index (χ1n) is 9.77. The zero-order chi connectivity index (χ0) is 20.8. The fraction of sp³-hybridized carbons (Fsp3) is 0.208. The Labute approximate surface area is 171 Å². The Hall–Kier alpha value is -3.47. The molecule has 2 aromatic carbocycles. The Balaban J connectivity index is 1.82. The molecular weight excluding hydrogens is 362 g/mol. The Morgan fingerprint density at radius 3 is 2.00 bits per heavy atom. The molecule has 0 saturated heterocycles. The average Bonchev–Trinajstić information content (AvgIpc) is 2.75. The highest BCUT2D eigenvalue weighted by Gasteiger charge is 2.15. The van der Waals surface area contributed by atoms with Crippen LogP contribution in [0.1, 0.15) is 51.3 Å². The molecule has 2 N–H and O–H groups in total. The molecule has 5 nitrogen and oxygen atoms in total. The van der Waals surface area contributed by atoms with Crippen molar-refractivity contribution in [2.45, 2.75) is 33.6 Å². The molecule has 3 rings (SSSR count). The van der Waals surface area contributed by atoms with Gasteiger partial charge in [0.25, 0.3) is 11.8 Å². The summed E-state index contributed by atoms with van der Waals surface area (Å²) in [4.78, 5) is 29.6. The molecule has 0 bridgehead atoms. The lowest BCUT2D eigenvalue weighted by Crippen LogP contribution is -2.18. The van der Waals surface area contributed by atoms with Crippen LogP contribution in [0.15, 0.2) is 60.9 Å². The summed E-state index contributed by atoms with van der Waals surface area (Å²) in [7, 11) is 0. The number of carbonyl (C=O) groups is 2. The number of hydrogen-bond donors (Lipinski definition) is 2. The fourth-order valence-corrected chi connectivity index (χ4v) is 3.18. The van der Waals surface area contributed by atoms with E-state index in [9.17, 15) is 9.59 Å². The van der Waals surface area contributed by atoms with Gasteiger partial charge in [0.05, 0.1) is 11.1 Å². The maximum Gasteiger partial charge on any atom is 0.257 e. The van der Waals surface area contributed by atoms with Crippen LogP contribution < -0.4 is 10.6 Å². The number of nitrogens with zero attached hydrogens (tertiary/aromatic N) is 1. The summed E-state index contributed by atoms with van der Waals surface area (Å²) in [6, 6.07) is 15.1. The van der Waals surface area contributed by atoms with Crippen molar-refractivity contribution in [3.63, 3.8) is 0 Å². The summed E-state index contributed by atoms with van der Waals surface area (Å²) in [5, 5.41) is 5.88. The van der Waals surface area contributed by atoms with Gasteiger partial charge in [-0.15, -0.1) is 0 Å². The summed E-state index contributed by atoms with van der Waals surface area (Å²) in [6.45, 7) is 6.04. The molecule has 0 aliphatic heterocycles. The lowest BCUT2D eigenvalue weighted by atomic mass is 10.0. The number of hydrogen-bond acceptors (Lipinski definition) is 3. The molecule has 0 unspecified atom stereocenters. The SMILES string of the molecule is CCc1cccc(CC)c1NC(=O)c1cncc(C(=O)Nc2ccccc2C)c1. The van der Waals surface area contributed by atoms with E-state index in [-0.39, 0.29) is 11.8 Å². The second kappa shape index (κ2) is 9.15. The van der Waals surface area contributed by atoms with Gasteiger partial charge >= 0.3 is 0 Å². The lowest BCUT2D eigenvalue weighted by molar-refractivity contribution is 0.102. The highest BCUT2D eigenvalue weighted by molar-refractivity contribution is 6.09. The van der Waals surface area contributed by atoms with Crippen molar-refractivity contribution in [2.24, 2.45) is 0 Å². The van der Waals surface area contributed by atoms with Crippen LogP contribution in [-0.4, -0.2) is 16.8 Å². The Kier molecular flexibility index (Phi) is 6.39. The highest BCUT2D eigenvalue weighted by Crippen LogP contribution is 2.23. The van der Waals surface area contributed by atoms with Gasteiger partial charge in [-0.05, 0) is 48.6 Å². The molecule has 0 fully saturated rings. The zero-order valence-electron chi connectivity index (χ0n) is 17.0. The van der Waals surface area contributed by atoms with E-state index in [2.05, 4.69) is 29.5 Å². The Bertz CT molecular complexity index is 1020. The highest BCUT2D eigenvalue weighted by atomic mass is 16.2. The second-order valence-electron chi connectivity index (χ2n) is 6.84. The third-order valence-corrected chi connectivity index (χ3v) is 4.89. The largest absolute Gasteiger partial charge is 0.322 e. The molecule has 0 saturated carbocycles. The molecular formula is C24H25N3O2. The van der Waals surface area contributed by atoms with E-state index in [0.717, 1.165) is 40.9 Å². The third-order valence-electron chi connectivity index (χ3n) is 4.89. The summed E-state index contributed by atoms with van der Waals surface area (Å²) >= 11 is 0. The van der Waals surface area contributed by atoms with Gasteiger partial charge in [-0.25, -0.2) is 0 Å². The summed E-state index contributed by atoms with van der Waals surface area (Å²) in [6.07, 6.45) is 4.57. The topological polar surface area (TPSA) is 71.1 Å². The second-order valence-corrected chi connectivity index (χ2v) is 6.84. The molecule has 0 radical (unpaired) electrons. The van der Waals surface area contributed by atoms with Crippen LogP contribution in [0.2, 0.25) is 0 Å². The van der Waals surface area contributed by atoms with Crippen LogP contribution >= 0.6 is 0 Å². The summed E-state index contributed by atoms with van der Waals surface area (Å²) in [5.74, 6) is -0.580. The van der Waals surface area contributed by atoms with E-state index in [1.807, 2.05) is 49.4 Å². The van der Waals surface area contributed by atoms with Gasteiger partial charge in [-0.3, -0.25) is 14.6 Å². The number of anilines is 2. The molecule has 5 heteroatoms. The van der Waals surface area contributed by atoms with Crippen LogP contribution in [0.4, 0.5) is 11.4 Å². The monoisotopic (exact) mass is 387 g/mol. The van der Waals surface area contributed by atoms with E-state index >= 15 is 0 Å². The van der Waals surface area contributed by atoms with E-state index in [1.54, 1.807) is 6.07 Å². The van der Waals surface area contributed by atoms with Crippen molar-refractivity contribution >= 4 is 23.2 Å². The lowest BCUT2D eigenvalue weighted by Gasteiger charge is -2.14. The van der Waals surface area contributed by atoms with E-state index in [1.165, 1.54) is 12.4 Å². The summed E-state index contributed by atoms with van der Waals surface area (Å²) < 4.78 is 0. The molecule has 3 aromatic rings. The first kappa shape index (κ1) is 20.3. The smallest absolute Gasteiger partial charge is 0.257 e. The van der Waals surface area contributed by atoms with Crippen molar-refractivity contribution in [3.8, 4) is 0 Å². The van der Waals surface area contributed by atoms with Crippen molar-refractivity contribution in [1.82, 2.24) is 4.98 Å². The number of aromatic nitrogens is 1. The Morgan fingerprint density at radius 2 is 1.41 bits per heavy atom. The van der Waals surface area contributed by atoms with Gasteiger partial charge in [-0.2, -0.15) is 0 Å². The number of aryl methyl sites for hydroxylation is 3. The standard InChI is InChI=1S/C24H25N3O2/c1-4-17-10-8-11-18(5-2)22(17)27-24(29)20-13-19(14-25-15-20)23(28)26-21-12-7-6-9-16(21)3/h6-15H,4-5H2,1-3H3,(H,26,28)(H,27,29). The van der Waals surface area contributed by atoms with Gasteiger partial charge in [-0.1, -0.05) is 50.2 Å². The van der Waals surface area contributed by atoms with Crippen LogP contribution in [-0.2, 0) is 12.8 Å². The zero-order valence-corrected chi connectivity index (χ0v) is 17.0. The minimum absolute atomic E-state index is 0.279. The number of rotatable bonds is 6. The van der Waals surface area contributed by atoms with Crippen LogP contribution in [0.3, 0.4) is 0 Å². The normalized spacial score (nSPS) is 10.4. The van der Waals surface area contributed by atoms with Crippen molar-refractivity contribution in [3.05, 3.63) is 88.7 Å². The number of amides is 2. The van der Waals surface area contributed by atoms with Crippen LogP contribution in [0.5, 0.6) is 0 Å². The number of benzene rings is 2. The molecule has 0 aliphatic rings. The number of para-hydroxylation sites is 2. The number of pyridine rings is 1. The van der Waals surface area contributed by atoms with Gasteiger partial charge < -0.3 is 10.6 Å². The predicted octanol–water partition coefficient (Wildman–Crippen LogP) is 5.02. The van der Waals surface area contributed by atoms with Crippen LogP contribution in [0.25, 0.3) is 0 Å². The maximum absolute atomic E-state index is 12.9. The number of carbonyl (C=O) groups excluding carboxylic acids is 2. The Morgan fingerprint density at radius 1 is 0.828 bits per heavy atom. The molecule has 29 heavy (non-hydrogen) atoms. The molecule has 148 valence electrons. The molecule has 0 atom stereocenters. The predicted molar refractivity (Wildman–Crippen MR) is 117 cm³/mol. The minimum atomic E-state index is -0.301. The first-order chi connectivity index (χ1) is 14.0. The van der Waals surface area contributed by atoms with E-state index < -0.39 is 0 Å². The molecule has 1 aromatic heterocycles. The third kappa shape index (κ3) is 4.69. The van der Waals surface area contributed by atoms with Gasteiger partial charge in [0.2, 0.25) is 0 Å². The van der Waals surface area contributed by atoms with Gasteiger partial charge in [0, 0.05) is 23.8 Å². The van der Waals surface area contributed by atoms with Crippen LogP contribution in [0, 0.1) is 6.92 Å². The molecule has 2 amide bonds. The fourth-order valence-electron chi connectivity index (χ4n) is 3.18. The first-order valence-corrected chi connectivity index (χ1v) is 9.77. The molecule has 0 aliphatic carbocycles. The number of nitrogens with one attached hydrogen (secondary N) is 2. The van der Waals surface area contributed by atoms with Gasteiger partial charge in [0.1, 0.15) is 0 Å². The minimum Gasteiger partial charge on any atom is -0.322 e. The van der Waals surface area contributed by atoms with Crippen molar-refractivity contribution < 1.29 is 9.59 Å². The van der Waals surface area contributed by atoms with Gasteiger partial charge in [0.15, 0.2) is 0 Å². The average molecular weight is 387 g/mol.